The Morgan fingerprint density at radius 2 is 0.919 bits per heavy atom. The Balaban J connectivity index is 1.08. The van der Waals surface area contributed by atoms with Crippen LogP contribution in [-0.4, -0.2) is 9.13 Å². The molecule has 0 aliphatic rings. The second-order valence-electron chi connectivity index (χ2n) is 16.1. The number of para-hydroxylation sites is 7. The third kappa shape index (κ3) is 5.14. The van der Waals surface area contributed by atoms with Crippen LogP contribution in [-0.2, 0) is 0 Å². The highest BCUT2D eigenvalue weighted by molar-refractivity contribution is 6.16. The van der Waals surface area contributed by atoms with Gasteiger partial charge in [-0.25, -0.2) is 0 Å². The van der Waals surface area contributed by atoms with E-state index in [4.69, 9.17) is 4.42 Å². The minimum Gasteiger partial charge on any atom is -0.455 e. The van der Waals surface area contributed by atoms with E-state index in [1.54, 1.807) is 0 Å². The van der Waals surface area contributed by atoms with Gasteiger partial charge in [0.25, 0.3) is 0 Å². The third-order valence-corrected chi connectivity index (χ3v) is 12.7. The molecule has 0 N–H and O–H groups in total. The molecule has 0 amide bonds. The maximum atomic E-state index is 6.59. The fourth-order valence-electron chi connectivity index (χ4n) is 9.99. The zero-order valence-electron chi connectivity index (χ0n) is 33.6. The van der Waals surface area contributed by atoms with Gasteiger partial charge in [0.2, 0.25) is 0 Å². The lowest BCUT2D eigenvalue weighted by atomic mass is 9.99. The Bertz CT molecular complexity index is 3800. The van der Waals surface area contributed by atoms with Gasteiger partial charge in [-0.2, -0.15) is 0 Å². The van der Waals surface area contributed by atoms with Gasteiger partial charge >= 0.3 is 0 Å². The second-order valence-corrected chi connectivity index (χ2v) is 16.1. The lowest BCUT2D eigenvalue weighted by Crippen LogP contribution is -2.14. The van der Waals surface area contributed by atoms with E-state index < -0.39 is 0 Å². The summed E-state index contributed by atoms with van der Waals surface area (Å²) in [5.41, 5.74) is 14.1. The fourth-order valence-corrected chi connectivity index (χ4v) is 9.99. The molecule has 0 spiro atoms. The average Bonchev–Trinajstić information content (AvgIpc) is 4.00. The lowest BCUT2D eigenvalue weighted by Gasteiger charge is -2.30. The van der Waals surface area contributed by atoms with E-state index in [1.807, 2.05) is 0 Å². The summed E-state index contributed by atoms with van der Waals surface area (Å²) in [6.07, 6.45) is 0. The van der Waals surface area contributed by atoms with E-state index in [0.29, 0.717) is 0 Å². The first kappa shape index (κ1) is 34.5. The molecule has 4 heteroatoms. The Hall–Kier alpha value is -8.34. The number of hydrogen-bond donors (Lipinski definition) is 0. The average molecular weight is 792 g/mol. The van der Waals surface area contributed by atoms with E-state index in [2.05, 4.69) is 238 Å². The minimum atomic E-state index is 0.880. The Morgan fingerprint density at radius 1 is 0.355 bits per heavy atom. The van der Waals surface area contributed by atoms with E-state index in [0.717, 1.165) is 66.9 Å². The van der Waals surface area contributed by atoms with Crippen molar-refractivity contribution in [1.29, 1.82) is 0 Å². The van der Waals surface area contributed by atoms with Gasteiger partial charge in [0.1, 0.15) is 11.2 Å². The summed E-state index contributed by atoms with van der Waals surface area (Å²) < 4.78 is 11.4. The smallest absolute Gasteiger partial charge is 0.143 e. The monoisotopic (exact) mass is 791 g/mol. The van der Waals surface area contributed by atoms with Crippen LogP contribution < -0.4 is 4.90 Å². The predicted octanol–water partition coefficient (Wildman–Crippen LogP) is 16.1. The van der Waals surface area contributed by atoms with Gasteiger partial charge in [-0.15, -0.1) is 0 Å². The normalized spacial score (nSPS) is 11.9. The molecular weight excluding hydrogens is 755 g/mol. The van der Waals surface area contributed by atoms with Crippen LogP contribution in [0.4, 0.5) is 17.1 Å². The second kappa shape index (κ2) is 13.6. The van der Waals surface area contributed by atoms with E-state index in [-0.39, 0.29) is 0 Å². The molecule has 0 fully saturated rings. The molecule has 0 radical (unpaired) electrons. The van der Waals surface area contributed by atoms with Crippen molar-refractivity contribution in [2.75, 3.05) is 4.90 Å². The van der Waals surface area contributed by atoms with Crippen molar-refractivity contribution in [3.63, 3.8) is 0 Å². The van der Waals surface area contributed by atoms with Crippen LogP contribution in [0.3, 0.4) is 0 Å². The first-order chi connectivity index (χ1) is 30.8. The summed E-state index contributed by atoms with van der Waals surface area (Å²) >= 11 is 0. The molecule has 0 aliphatic heterocycles. The molecule has 0 bridgehead atoms. The van der Waals surface area contributed by atoms with E-state index in [1.165, 1.54) is 49.0 Å². The van der Waals surface area contributed by atoms with Gasteiger partial charge in [-0.3, -0.25) is 0 Å². The van der Waals surface area contributed by atoms with Gasteiger partial charge in [0, 0.05) is 54.6 Å². The van der Waals surface area contributed by atoms with Gasteiger partial charge < -0.3 is 18.5 Å². The number of rotatable bonds is 6. The summed E-state index contributed by atoms with van der Waals surface area (Å²) in [5, 5.41) is 9.45. The van der Waals surface area contributed by atoms with E-state index in [9.17, 15) is 0 Å². The predicted molar refractivity (Wildman–Crippen MR) is 260 cm³/mol. The maximum Gasteiger partial charge on any atom is 0.143 e. The lowest BCUT2D eigenvalue weighted by molar-refractivity contribution is 0.672. The standard InChI is InChI=1S/C58H37N3O/c1-2-20-43-38(16-1)32-34-48-49-36-39(33-35-57(49)62-58(43)48)42-19-3-8-25-50(42)60(41-18-15-17-40(37-41)59-51-26-9-4-21-44(51)45-22-5-10-27-52(45)59)55-30-13-14-31-56(55)61-53-28-11-6-23-46(53)47-24-7-12-29-54(47)61/h1-37H. The summed E-state index contributed by atoms with van der Waals surface area (Å²) in [7, 11) is 0. The van der Waals surface area contributed by atoms with Crippen molar-refractivity contribution >= 4 is 93.4 Å². The van der Waals surface area contributed by atoms with Crippen molar-refractivity contribution in [2.24, 2.45) is 0 Å². The highest BCUT2D eigenvalue weighted by Gasteiger charge is 2.24. The number of hydrogen-bond acceptors (Lipinski definition) is 2. The van der Waals surface area contributed by atoms with Crippen LogP contribution in [0.25, 0.3) is 98.8 Å². The molecule has 62 heavy (non-hydrogen) atoms. The molecule has 10 aromatic carbocycles. The van der Waals surface area contributed by atoms with Crippen LogP contribution in [0.15, 0.2) is 229 Å². The SMILES string of the molecule is c1cc(N(c2ccccc2-c2ccc3oc4c5ccccc5ccc4c3c2)c2ccccc2-n2c3ccccc3c3ccccc32)cc(-n2c3ccccc3c3ccccc32)c1. The number of anilines is 3. The topological polar surface area (TPSA) is 26.2 Å². The first-order valence-corrected chi connectivity index (χ1v) is 21.2. The van der Waals surface area contributed by atoms with Crippen LogP contribution in [0.1, 0.15) is 0 Å². The molecule has 290 valence electrons. The Morgan fingerprint density at radius 3 is 1.61 bits per heavy atom. The zero-order valence-corrected chi connectivity index (χ0v) is 33.6. The number of nitrogens with zero attached hydrogens (tertiary/aromatic N) is 3. The highest BCUT2D eigenvalue weighted by atomic mass is 16.3. The quantitative estimate of drug-likeness (QED) is 0.168. The summed E-state index contributed by atoms with van der Waals surface area (Å²) in [6, 6.07) is 81.1. The van der Waals surface area contributed by atoms with Gasteiger partial charge in [0.05, 0.1) is 39.1 Å². The fraction of sp³-hybridized carbons (Fsp3) is 0. The highest BCUT2D eigenvalue weighted by Crippen LogP contribution is 2.47. The Labute approximate surface area is 357 Å². The van der Waals surface area contributed by atoms with Crippen molar-refractivity contribution < 1.29 is 4.42 Å². The maximum absolute atomic E-state index is 6.59. The molecule has 0 atom stereocenters. The zero-order chi connectivity index (χ0) is 40.7. The molecule has 0 aliphatic carbocycles. The molecule has 0 saturated heterocycles. The third-order valence-electron chi connectivity index (χ3n) is 12.7. The van der Waals surface area contributed by atoms with Crippen molar-refractivity contribution in [3.05, 3.63) is 224 Å². The molecule has 3 heterocycles. The van der Waals surface area contributed by atoms with E-state index >= 15 is 0 Å². The molecule has 3 aromatic heterocycles. The van der Waals surface area contributed by atoms with Crippen LogP contribution in [0.5, 0.6) is 0 Å². The summed E-state index contributed by atoms with van der Waals surface area (Å²) in [5.74, 6) is 0. The molecule has 0 saturated carbocycles. The van der Waals surface area contributed by atoms with Gasteiger partial charge in [0.15, 0.2) is 0 Å². The minimum absolute atomic E-state index is 0.880. The van der Waals surface area contributed by atoms with Crippen LogP contribution >= 0.6 is 0 Å². The summed E-state index contributed by atoms with van der Waals surface area (Å²) in [4.78, 5) is 2.46. The molecule has 0 unspecified atom stereocenters. The molecular formula is C58H37N3O. The van der Waals surface area contributed by atoms with Crippen LogP contribution in [0.2, 0.25) is 0 Å². The number of benzene rings is 10. The first-order valence-electron chi connectivity index (χ1n) is 21.2. The molecule has 13 aromatic rings. The number of aromatic nitrogens is 2. The van der Waals surface area contributed by atoms with Gasteiger partial charge in [-0.1, -0.05) is 146 Å². The number of furan rings is 1. The van der Waals surface area contributed by atoms with Crippen LogP contribution in [0, 0.1) is 0 Å². The van der Waals surface area contributed by atoms with Gasteiger partial charge in [-0.05, 0) is 89.8 Å². The largest absolute Gasteiger partial charge is 0.455 e. The van der Waals surface area contributed by atoms with Crippen molar-refractivity contribution in [3.8, 4) is 22.5 Å². The van der Waals surface area contributed by atoms with Crippen molar-refractivity contribution in [2.45, 2.75) is 0 Å². The number of fused-ring (bicyclic) bond motifs is 11. The molecule has 13 rings (SSSR count). The summed E-state index contributed by atoms with van der Waals surface area (Å²) in [6.45, 7) is 0. The Kier molecular flexibility index (Phi) is 7.57. The molecule has 4 nitrogen and oxygen atoms in total. The van der Waals surface area contributed by atoms with Crippen molar-refractivity contribution in [1.82, 2.24) is 9.13 Å².